The first-order chi connectivity index (χ1) is 6.59. The first-order valence-electron chi connectivity index (χ1n) is 4.69. The van der Waals surface area contributed by atoms with Crippen molar-refractivity contribution in [2.24, 2.45) is 7.05 Å². The third kappa shape index (κ3) is 1.45. The average Bonchev–Trinajstić information content (AvgIpc) is 2.83. The molecule has 1 aromatic heterocycles. The molecule has 0 saturated heterocycles. The molecule has 0 aliphatic heterocycles. The summed E-state index contributed by atoms with van der Waals surface area (Å²) >= 11 is 0. The minimum atomic E-state index is -0.117. The van der Waals surface area contributed by atoms with E-state index in [0.717, 1.165) is 12.8 Å². The van der Waals surface area contributed by atoms with Crippen molar-refractivity contribution < 1.29 is 4.79 Å². The van der Waals surface area contributed by atoms with Crippen LogP contribution in [0.3, 0.4) is 0 Å². The molecule has 1 fully saturated rings. The Balaban J connectivity index is 2.24. The summed E-state index contributed by atoms with van der Waals surface area (Å²) in [7, 11) is 1.73. The topological polar surface area (TPSA) is 72.9 Å². The van der Waals surface area contributed by atoms with Gasteiger partial charge in [-0.05, 0) is 19.8 Å². The predicted octanol–water partition coefficient (Wildman–Crippen LogP) is 0.203. The van der Waals surface area contributed by atoms with Gasteiger partial charge in [-0.1, -0.05) is 0 Å². The van der Waals surface area contributed by atoms with E-state index in [2.05, 4.69) is 10.4 Å². The monoisotopic (exact) mass is 194 g/mol. The fraction of sp³-hybridized carbons (Fsp3) is 0.556. The number of carbonyl (C=O) groups is 1. The van der Waals surface area contributed by atoms with Crippen LogP contribution in [-0.2, 0) is 7.05 Å². The molecule has 0 bridgehead atoms. The minimum absolute atomic E-state index is 0.117. The zero-order chi connectivity index (χ0) is 10.3. The molecule has 1 saturated carbocycles. The number of hydrogen-bond acceptors (Lipinski definition) is 3. The Kier molecular flexibility index (Phi) is 1.94. The molecule has 5 heteroatoms. The summed E-state index contributed by atoms with van der Waals surface area (Å²) < 4.78 is 1.53. The van der Waals surface area contributed by atoms with Gasteiger partial charge >= 0.3 is 0 Å². The van der Waals surface area contributed by atoms with Crippen LogP contribution in [0.5, 0.6) is 0 Å². The normalized spacial score (nSPS) is 15.6. The molecule has 1 aromatic rings. The number of nitrogens with two attached hydrogens (primary N) is 1. The number of carbonyl (C=O) groups excluding carboxylic acids is 1. The van der Waals surface area contributed by atoms with Gasteiger partial charge in [-0.3, -0.25) is 9.48 Å². The van der Waals surface area contributed by atoms with Gasteiger partial charge in [0.15, 0.2) is 0 Å². The lowest BCUT2D eigenvalue weighted by molar-refractivity contribution is 0.0942. The number of rotatable bonds is 2. The Morgan fingerprint density at radius 2 is 2.29 bits per heavy atom. The summed E-state index contributed by atoms with van der Waals surface area (Å²) in [5.74, 6) is -0.117. The van der Waals surface area contributed by atoms with Crippen LogP contribution in [0.25, 0.3) is 0 Å². The molecule has 14 heavy (non-hydrogen) atoms. The van der Waals surface area contributed by atoms with Crippen molar-refractivity contribution in [2.75, 3.05) is 5.73 Å². The number of aryl methyl sites for hydroxylation is 2. The van der Waals surface area contributed by atoms with E-state index in [4.69, 9.17) is 5.73 Å². The van der Waals surface area contributed by atoms with E-state index < -0.39 is 0 Å². The maximum atomic E-state index is 11.7. The van der Waals surface area contributed by atoms with Crippen molar-refractivity contribution in [1.82, 2.24) is 15.1 Å². The number of hydrogen-bond donors (Lipinski definition) is 2. The average molecular weight is 194 g/mol. The van der Waals surface area contributed by atoms with Gasteiger partial charge in [-0.25, -0.2) is 0 Å². The lowest BCUT2D eigenvalue weighted by atomic mass is 10.3. The van der Waals surface area contributed by atoms with Crippen molar-refractivity contribution in [2.45, 2.75) is 25.8 Å². The summed E-state index contributed by atoms with van der Waals surface area (Å²) in [5, 5.41) is 6.98. The second-order valence-electron chi connectivity index (χ2n) is 3.72. The molecule has 1 aliphatic carbocycles. The smallest absolute Gasteiger partial charge is 0.271 e. The molecule has 5 nitrogen and oxygen atoms in total. The Morgan fingerprint density at radius 1 is 1.64 bits per heavy atom. The summed E-state index contributed by atoms with van der Waals surface area (Å²) in [4.78, 5) is 11.7. The Labute approximate surface area is 82.3 Å². The first-order valence-corrected chi connectivity index (χ1v) is 4.69. The van der Waals surface area contributed by atoms with E-state index in [1.54, 1.807) is 14.0 Å². The molecule has 1 heterocycles. The van der Waals surface area contributed by atoms with Crippen molar-refractivity contribution in [3.8, 4) is 0 Å². The Hall–Kier alpha value is -1.52. The molecule has 76 valence electrons. The lowest BCUT2D eigenvalue weighted by Crippen LogP contribution is -2.28. The van der Waals surface area contributed by atoms with E-state index in [-0.39, 0.29) is 5.91 Å². The molecule has 3 N–H and O–H groups in total. The van der Waals surface area contributed by atoms with Crippen LogP contribution in [0, 0.1) is 6.92 Å². The van der Waals surface area contributed by atoms with Crippen LogP contribution in [0.15, 0.2) is 0 Å². The van der Waals surface area contributed by atoms with Crippen molar-refractivity contribution in [3.63, 3.8) is 0 Å². The molecule has 0 spiro atoms. The number of aromatic nitrogens is 2. The van der Waals surface area contributed by atoms with E-state index in [1.165, 1.54) is 4.68 Å². The summed E-state index contributed by atoms with van der Waals surface area (Å²) in [5.41, 5.74) is 7.40. The van der Waals surface area contributed by atoms with Gasteiger partial charge < -0.3 is 11.1 Å². The zero-order valence-corrected chi connectivity index (χ0v) is 8.37. The molecule has 0 atom stereocenters. The molecule has 0 unspecified atom stereocenters. The van der Waals surface area contributed by atoms with Gasteiger partial charge in [-0.2, -0.15) is 5.10 Å². The molecule has 0 aromatic carbocycles. The third-order valence-corrected chi connectivity index (χ3v) is 2.40. The van der Waals surface area contributed by atoms with E-state index in [9.17, 15) is 4.79 Å². The van der Waals surface area contributed by atoms with Crippen LogP contribution in [-0.4, -0.2) is 21.7 Å². The largest absolute Gasteiger partial charge is 0.395 e. The van der Waals surface area contributed by atoms with E-state index >= 15 is 0 Å². The Bertz CT molecular complexity index is 378. The minimum Gasteiger partial charge on any atom is -0.395 e. The van der Waals surface area contributed by atoms with Gasteiger partial charge in [0.2, 0.25) is 0 Å². The summed E-state index contributed by atoms with van der Waals surface area (Å²) in [6.45, 7) is 1.79. The zero-order valence-electron chi connectivity index (χ0n) is 8.37. The van der Waals surface area contributed by atoms with Crippen molar-refractivity contribution in [3.05, 3.63) is 11.4 Å². The number of nitrogen functional groups attached to an aromatic ring is 1. The van der Waals surface area contributed by atoms with E-state index in [0.29, 0.717) is 23.1 Å². The molecule has 2 rings (SSSR count). The second-order valence-corrected chi connectivity index (χ2v) is 3.72. The predicted molar refractivity (Wildman–Crippen MR) is 52.8 cm³/mol. The highest BCUT2D eigenvalue weighted by atomic mass is 16.2. The van der Waals surface area contributed by atoms with Crippen LogP contribution in [0.4, 0.5) is 5.69 Å². The van der Waals surface area contributed by atoms with Crippen LogP contribution in [0.1, 0.15) is 29.0 Å². The van der Waals surface area contributed by atoms with Gasteiger partial charge in [0.05, 0.1) is 11.4 Å². The Morgan fingerprint density at radius 3 is 2.71 bits per heavy atom. The maximum absolute atomic E-state index is 11.7. The van der Waals surface area contributed by atoms with Gasteiger partial charge in [0.25, 0.3) is 5.91 Å². The first kappa shape index (κ1) is 9.05. The number of nitrogens with zero attached hydrogens (tertiary/aromatic N) is 2. The van der Waals surface area contributed by atoms with Gasteiger partial charge in [0, 0.05) is 13.1 Å². The fourth-order valence-electron chi connectivity index (χ4n) is 1.43. The van der Waals surface area contributed by atoms with E-state index in [1.807, 2.05) is 0 Å². The quantitative estimate of drug-likeness (QED) is 0.706. The van der Waals surface area contributed by atoms with Crippen LogP contribution < -0.4 is 11.1 Å². The van der Waals surface area contributed by atoms with Crippen molar-refractivity contribution >= 4 is 11.6 Å². The number of anilines is 1. The van der Waals surface area contributed by atoms with Gasteiger partial charge in [-0.15, -0.1) is 0 Å². The highest BCUT2D eigenvalue weighted by Gasteiger charge is 2.26. The SMILES string of the molecule is Cc1nn(C)c(C(=O)NC2CC2)c1N. The molecule has 1 amide bonds. The third-order valence-electron chi connectivity index (χ3n) is 2.40. The van der Waals surface area contributed by atoms with Crippen molar-refractivity contribution in [1.29, 1.82) is 0 Å². The second kappa shape index (κ2) is 3.01. The van der Waals surface area contributed by atoms with Crippen LogP contribution >= 0.6 is 0 Å². The standard InChI is InChI=1S/C9H14N4O/c1-5-7(10)8(13(2)12-5)9(14)11-6-3-4-6/h6H,3-4,10H2,1-2H3,(H,11,14). The van der Waals surface area contributed by atoms with Crippen LogP contribution in [0.2, 0.25) is 0 Å². The maximum Gasteiger partial charge on any atom is 0.271 e. The fourth-order valence-corrected chi connectivity index (χ4v) is 1.43. The molecular weight excluding hydrogens is 180 g/mol. The summed E-state index contributed by atoms with van der Waals surface area (Å²) in [6.07, 6.45) is 2.14. The summed E-state index contributed by atoms with van der Waals surface area (Å²) in [6, 6.07) is 0.345. The molecule has 1 aliphatic rings. The number of amides is 1. The lowest BCUT2D eigenvalue weighted by Gasteiger charge is -2.03. The number of nitrogens with one attached hydrogen (secondary N) is 1. The highest BCUT2D eigenvalue weighted by molar-refractivity contribution is 5.98. The van der Waals surface area contributed by atoms with Gasteiger partial charge in [0.1, 0.15) is 5.69 Å². The highest BCUT2D eigenvalue weighted by Crippen LogP contribution is 2.21. The molecular formula is C9H14N4O. The molecule has 0 radical (unpaired) electrons.